The van der Waals surface area contributed by atoms with Crippen molar-refractivity contribution in [2.45, 2.75) is 6.92 Å². The maximum atomic E-state index is 12.7. The summed E-state index contributed by atoms with van der Waals surface area (Å²) in [5, 5.41) is 0. The van der Waals surface area contributed by atoms with Gasteiger partial charge >= 0.3 is 0 Å². The molecule has 0 atom stereocenters. The topological polar surface area (TPSA) is 26.0 Å². The van der Waals surface area contributed by atoms with Crippen molar-refractivity contribution in [1.82, 2.24) is 0 Å². The fraction of sp³-hybridized carbons (Fsp3) is 0.143. The Morgan fingerprint density at radius 1 is 1.50 bits per heavy atom. The van der Waals surface area contributed by atoms with Gasteiger partial charge in [-0.2, -0.15) is 0 Å². The van der Waals surface area contributed by atoms with Crippen LogP contribution in [0.1, 0.15) is 5.56 Å². The molecule has 1 aromatic rings. The first-order valence-electron chi connectivity index (χ1n) is 2.82. The van der Waals surface area contributed by atoms with Crippen LogP contribution in [0.4, 0.5) is 10.1 Å². The number of aryl methyl sites for hydroxylation is 1. The number of halogens is 2. The van der Waals surface area contributed by atoms with E-state index in [1.54, 1.807) is 13.0 Å². The van der Waals surface area contributed by atoms with Crippen LogP contribution in [-0.4, -0.2) is 0 Å². The Kier molecular flexibility index (Phi) is 2.13. The molecule has 0 fully saturated rings. The molecule has 3 heteroatoms. The number of hydrogen-bond acceptors (Lipinski definition) is 1. The molecule has 0 saturated carbocycles. The molecule has 0 aliphatic carbocycles. The lowest BCUT2D eigenvalue weighted by atomic mass is 10.2. The van der Waals surface area contributed by atoms with Gasteiger partial charge in [0, 0.05) is 9.26 Å². The van der Waals surface area contributed by atoms with E-state index in [4.69, 9.17) is 5.73 Å². The molecule has 54 valence electrons. The van der Waals surface area contributed by atoms with Gasteiger partial charge in [-0.3, -0.25) is 0 Å². The van der Waals surface area contributed by atoms with E-state index < -0.39 is 0 Å². The quantitative estimate of drug-likeness (QED) is 0.555. The number of nitrogen functional groups attached to an aromatic ring is 1. The molecular weight excluding hydrogens is 244 g/mol. The molecule has 1 aromatic carbocycles. The third-order valence-corrected chi connectivity index (χ3v) is 2.21. The highest BCUT2D eigenvalue weighted by Gasteiger charge is 2.00. The van der Waals surface area contributed by atoms with Crippen molar-refractivity contribution in [3.05, 3.63) is 27.1 Å². The summed E-state index contributed by atoms with van der Waals surface area (Å²) in [6, 6.07) is 3.07. The largest absolute Gasteiger partial charge is 0.398 e. The minimum Gasteiger partial charge on any atom is -0.398 e. The number of rotatable bonds is 0. The lowest BCUT2D eigenvalue weighted by molar-refractivity contribution is 0.618. The molecule has 0 aliphatic rings. The summed E-state index contributed by atoms with van der Waals surface area (Å²) < 4.78 is 13.5. The maximum absolute atomic E-state index is 12.7. The minimum absolute atomic E-state index is 0.196. The Morgan fingerprint density at radius 3 is 2.60 bits per heavy atom. The molecule has 0 heterocycles. The summed E-state index contributed by atoms with van der Waals surface area (Å²) in [4.78, 5) is 0. The van der Waals surface area contributed by atoms with E-state index in [1.807, 2.05) is 22.6 Å². The molecule has 0 aliphatic heterocycles. The molecule has 0 aromatic heterocycles. The highest BCUT2D eigenvalue weighted by atomic mass is 127. The van der Waals surface area contributed by atoms with E-state index in [9.17, 15) is 4.39 Å². The molecule has 1 rings (SSSR count). The summed E-state index contributed by atoms with van der Waals surface area (Å²) >= 11 is 2.00. The first kappa shape index (κ1) is 7.78. The highest BCUT2D eigenvalue weighted by molar-refractivity contribution is 14.1. The molecule has 0 amide bonds. The molecule has 0 saturated heterocycles. The van der Waals surface area contributed by atoms with Crippen molar-refractivity contribution in [2.24, 2.45) is 0 Å². The van der Waals surface area contributed by atoms with E-state index in [0.29, 0.717) is 11.3 Å². The second-order valence-corrected chi connectivity index (χ2v) is 3.29. The Bertz CT molecular complexity index is 210. The van der Waals surface area contributed by atoms with Crippen molar-refractivity contribution < 1.29 is 4.39 Å². The summed E-state index contributed by atoms with van der Waals surface area (Å²) in [6.45, 7) is 1.70. The zero-order valence-electron chi connectivity index (χ0n) is 5.49. The Hall–Kier alpha value is -0.320. The lowest BCUT2D eigenvalue weighted by Gasteiger charge is -2.00. The Morgan fingerprint density at radius 2 is 2.10 bits per heavy atom. The number of hydrogen-bond donors (Lipinski definition) is 1. The van der Waals surface area contributed by atoms with E-state index in [0.717, 1.165) is 3.57 Å². The molecule has 0 unspecified atom stereocenters. The second-order valence-electron chi connectivity index (χ2n) is 2.12. The molecule has 10 heavy (non-hydrogen) atoms. The van der Waals surface area contributed by atoms with Gasteiger partial charge in [0.25, 0.3) is 0 Å². The van der Waals surface area contributed by atoms with Gasteiger partial charge in [-0.25, -0.2) is 4.39 Å². The van der Waals surface area contributed by atoms with Crippen LogP contribution in [-0.2, 0) is 0 Å². The minimum atomic E-state index is -0.196. The first-order valence-corrected chi connectivity index (χ1v) is 3.90. The molecular formula is C7H7FIN. The van der Waals surface area contributed by atoms with E-state index >= 15 is 0 Å². The number of benzene rings is 1. The van der Waals surface area contributed by atoms with Gasteiger partial charge in [0.2, 0.25) is 0 Å². The van der Waals surface area contributed by atoms with Gasteiger partial charge in [0.05, 0.1) is 0 Å². The molecule has 0 radical (unpaired) electrons. The smallest absolute Gasteiger partial charge is 0.127 e. The van der Waals surface area contributed by atoms with Gasteiger partial charge in [-0.1, -0.05) is 0 Å². The summed E-state index contributed by atoms with van der Waals surface area (Å²) in [7, 11) is 0. The third kappa shape index (κ3) is 1.39. The average molecular weight is 251 g/mol. The van der Waals surface area contributed by atoms with Crippen LogP contribution in [0.15, 0.2) is 12.1 Å². The van der Waals surface area contributed by atoms with Crippen LogP contribution < -0.4 is 5.73 Å². The van der Waals surface area contributed by atoms with E-state index in [-0.39, 0.29) is 5.82 Å². The van der Waals surface area contributed by atoms with Crippen LogP contribution >= 0.6 is 22.6 Å². The Labute approximate surface area is 72.6 Å². The maximum Gasteiger partial charge on any atom is 0.127 e. The zero-order valence-corrected chi connectivity index (χ0v) is 7.65. The number of anilines is 1. The first-order chi connectivity index (χ1) is 4.61. The lowest BCUT2D eigenvalue weighted by Crippen LogP contribution is -1.92. The average Bonchev–Trinajstić information content (AvgIpc) is 1.84. The number of nitrogens with two attached hydrogens (primary N) is 1. The van der Waals surface area contributed by atoms with E-state index in [1.165, 1.54) is 6.07 Å². The van der Waals surface area contributed by atoms with Gasteiger partial charge in [-0.05, 0) is 47.2 Å². The van der Waals surface area contributed by atoms with Gasteiger partial charge in [0.15, 0.2) is 0 Å². The molecule has 0 spiro atoms. The van der Waals surface area contributed by atoms with Crippen LogP contribution in [0.3, 0.4) is 0 Å². The Balaban J connectivity index is 3.28. The predicted octanol–water partition coefficient (Wildman–Crippen LogP) is 2.32. The van der Waals surface area contributed by atoms with Crippen molar-refractivity contribution in [3.63, 3.8) is 0 Å². The molecule has 1 nitrogen and oxygen atoms in total. The van der Waals surface area contributed by atoms with E-state index in [2.05, 4.69) is 0 Å². The van der Waals surface area contributed by atoms with Crippen LogP contribution in [0.25, 0.3) is 0 Å². The summed E-state index contributed by atoms with van der Waals surface area (Å²) in [5.74, 6) is -0.196. The van der Waals surface area contributed by atoms with Crippen molar-refractivity contribution in [3.8, 4) is 0 Å². The van der Waals surface area contributed by atoms with Crippen LogP contribution in [0.2, 0.25) is 0 Å². The monoisotopic (exact) mass is 251 g/mol. The van der Waals surface area contributed by atoms with Crippen LogP contribution in [0.5, 0.6) is 0 Å². The standard InChI is InChI=1S/C7H7FIN/c1-4-2-7(10)6(9)3-5(4)8/h2-3H,10H2,1H3. The second kappa shape index (κ2) is 2.74. The van der Waals surface area contributed by atoms with Gasteiger partial charge in [-0.15, -0.1) is 0 Å². The fourth-order valence-electron chi connectivity index (χ4n) is 0.680. The van der Waals surface area contributed by atoms with Crippen LogP contribution in [0, 0.1) is 16.3 Å². The van der Waals surface area contributed by atoms with Crippen molar-refractivity contribution in [2.75, 3.05) is 5.73 Å². The van der Waals surface area contributed by atoms with Gasteiger partial charge < -0.3 is 5.73 Å². The zero-order chi connectivity index (χ0) is 7.72. The SMILES string of the molecule is Cc1cc(N)c(I)cc1F. The fourth-order valence-corrected chi connectivity index (χ4v) is 1.11. The third-order valence-electron chi connectivity index (χ3n) is 1.28. The molecule has 2 N–H and O–H groups in total. The predicted molar refractivity (Wildman–Crippen MR) is 48.3 cm³/mol. The van der Waals surface area contributed by atoms with Crippen molar-refractivity contribution >= 4 is 28.3 Å². The molecule has 0 bridgehead atoms. The highest BCUT2D eigenvalue weighted by Crippen LogP contribution is 2.18. The van der Waals surface area contributed by atoms with Gasteiger partial charge in [0.1, 0.15) is 5.82 Å². The summed E-state index contributed by atoms with van der Waals surface area (Å²) in [6.07, 6.45) is 0. The summed E-state index contributed by atoms with van der Waals surface area (Å²) in [5.41, 5.74) is 6.75. The van der Waals surface area contributed by atoms with Crippen molar-refractivity contribution in [1.29, 1.82) is 0 Å². The normalized spacial score (nSPS) is 9.90.